The number of carbonyl (C=O) groups excluding carboxylic acids is 2. The van der Waals surface area contributed by atoms with Crippen LogP contribution in [0.2, 0.25) is 0 Å². The van der Waals surface area contributed by atoms with Gasteiger partial charge in [-0.3, -0.25) is 9.59 Å². The quantitative estimate of drug-likeness (QED) is 0.703. The van der Waals surface area contributed by atoms with Crippen molar-refractivity contribution in [3.63, 3.8) is 0 Å². The molecule has 2 rings (SSSR count). The summed E-state index contributed by atoms with van der Waals surface area (Å²) in [6, 6.07) is 9.34. The van der Waals surface area contributed by atoms with Crippen molar-refractivity contribution in [3.8, 4) is 0 Å². The third-order valence-corrected chi connectivity index (χ3v) is 4.24. The maximum absolute atomic E-state index is 12.2. The molecule has 0 saturated carbocycles. The fourth-order valence-electron chi connectivity index (χ4n) is 3.03. The van der Waals surface area contributed by atoms with E-state index in [4.69, 9.17) is 0 Å². The highest BCUT2D eigenvalue weighted by Crippen LogP contribution is 2.17. The zero-order valence-electron chi connectivity index (χ0n) is 14.2. The van der Waals surface area contributed by atoms with E-state index in [1.165, 1.54) is 19.8 Å². The molecule has 0 spiro atoms. The van der Waals surface area contributed by atoms with E-state index in [1.54, 1.807) is 0 Å². The predicted octanol–water partition coefficient (Wildman–Crippen LogP) is 2.18. The molecular formula is C18H28ClN3O2. The van der Waals surface area contributed by atoms with Crippen molar-refractivity contribution in [1.82, 2.24) is 16.0 Å². The lowest BCUT2D eigenvalue weighted by Crippen LogP contribution is -2.35. The van der Waals surface area contributed by atoms with Crippen molar-refractivity contribution in [1.29, 1.82) is 0 Å². The van der Waals surface area contributed by atoms with Gasteiger partial charge in [-0.2, -0.15) is 0 Å². The Balaban J connectivity index is 0.00000288. The van der Waals surface area contributed by atoms with Crippen molar-refractivity contribution in [3.05, 3.63) is 35.9 Å². The number of nitrogens with one attached hydrogen (secondary N) is 3. The molecule has 0 aliphatic carbocycles. The molecule has 1 aliphatic heterocycles. The molecule has 0 aromatic heterocycles. The molecule has 0 radical (unpaired) electrons. The molecule has 134 valence electrons. The van der Waals surface area contributed by atoms with Gasteiger partial charge in [0, 0.05) is 13.5 Å². The van der Waals surface area contributed by atoms with Crippen LogP contribution in [-0.4, -0.2) is 31.4 Å². The van der Waals surface area contributed by atoms with Crippen molar-refractivity contribution in [2.24, 2.45) is 5.92 Å². The van der Waals surface area contributed by atoms with Gasteiger partial charge >= 0.3 is 0 Å². The van der Waals surface area contributed by atoms with Crippen LogP contribution in [0.15, 0.2) is 30.3 Å². The smallest absolute Gasteiger partial charge is 0.222 e. The maximum atomic E-state index is 12.2. The summed E-state index contributed by atoms with van der Waals surface area (Å²) >= 11 is 0. The number of hydrogen-bond donors (Lipinski definition) is 3. The zero-order chi connectivity index (χ0) is 16.5. The van der Waals surface area contributed by atoms with Gasteiger partial charge in [-0.15, -0.1) is 12.4 Å². The van der Waals surface area contributed by atoms with Crippen molar-refractivity contribution >= 4 is 24.2 Å². The first-order valence-corrected chi connectivity index (χ1v) is 8.44. The molecule has 24 heavy (non-hydrogen) atoms. The monoisotopic (exact) mass is 353 g/mol. The molecule has 2 atom stereocenters. The number of halogens is 1. The fraction of sp³-hybridized carbons (Fsp3) is 0.556. The van der Waals surface area contributed by atoms with Crippen LogP contribution in [-0.2, 0) is 9.59 Å². The second-order valence-electron chi connectivity index (χ2n) is 6.22. The molecule has 1 aromatic rings. The number of piperidine rings is 1. The van der Waals surface area contributed by atoms with E-state index in [0.717, 1.165) is 25.1 Å². The number of rotatable bonds is 7. The van der Waals surface area contributed by atoms with E-state index in [0.29, 0.717) is 12.5 Å². The van der Waals surface area contributed by atoms with Crippen LogP contribution in [0.25, 0.3) is 0 Å². The Morgan fingerprint density at radius 1 is 1.29 bits per heavy atom. The standard InChI is InChI=1S/C18H27N3O2.ClH/c1-14(22)21-17(16-7-3-2-4-8-16)12-18(23)20-11-9-15-6-5-10-19-13-15;/h2-4,7-8,15,17,19H,5-6,9-13H2,1H3,(H,20,23)(H,21,22);1H. The Labute approximate surface area is 150 Å². The largest absolute Gasteiger partial charge is 0.356 e. The summed E-state index contributed by atoms with van der Waals surface area (Å²) in [5, 5.41) is 9.23. The average Bonchev–Trinajstić information content (AvgIpc) is 2.56. The van der Waals surface area contributed by atoms with Gasteiger partial charge in [-0.1, -0.05) is 30.3 Å². The lowest BCUT2D eigenvalue weighted by atomic mass is 9.96. The van der Waals surface area contributed by atoms with E-state index in [-0.39, 0.29) is 36.7 Å². The highest BCUT2D eigenvalue weighted by atomic mass is 35.5. The van der Waals surface area contributed by atoms with Gasteiger partial charge in [0.2, 0.25) is 11.8 Å². The normalized spacial score (nSPS) is 18.1. The molecule has 1 aliphatic rings. The molecule has 3 N–H and O–H groups in total. The molecule has 5 nitrogen and oxygen atoms in total. The van der Waals surface area contributed by atoms with Gasteiger partial charge in [-0.05, 0) is 43.8 Å². The van der Waals surface area contributed by atoms with Gasteiger partial charge in [0.15, 0.2) is 0 Å². The van der Waals surface area contributed by atoms with Gasteiger partial charge in [-0.25, -0.2) is 0 Å². The van der Waals surface area contributed by atoms with E-state index >= 15 is 0 Å². The summed E-state index contributed by atoms with van der Waals surface area (Å²) in [5.74, 6) is 0.514. The van der Waals surface area contributed by atoms with Crippen LogP contribution in [0.5, 0.6) is 0 Å². The van der Waals surface area contributed by atoms with Gasteiger partial charge in [0.25, 0.3) is 0 Å². The lowest BCUT2D eigenvalue weighted by molar-refractivity contribution is -0.122. The molecule has 1 saturated heterocycles. The highest BCUT2D eigenvalue weighted by Gasteiger charge is 2.17. The van der Waals surface area contributed by atoms with Gasteiger partial charge in [0.1, 0.15) is 0 Å². The van der Waals surface area contributed by atoms with E-state index in [2.05, 4.69) is 16.0 Å². The second kappa shape index (κ2) is 11.0. The Morgan fingerprint density at radius 3 is 2.67 bits per heavy atom. The minimum atomic E-state index is -0.273. The molecule has 1 aromatic carbocycles. The molecule has 2 amide bonds. The average molecular weight is 354 g/mol. The molecule has 0 bridgehead atoms. The summed E-state index contributed by atoms with van der Waals surface area (Å²) in [7, 11) is 0. The van der Waals surface area contributed by atoms with Crippen LogP contribution in [0.3, 0.4) is 0 Å². The number of amides is 2. The number of carbonyl (C=O) groups is 2. The minimum Gasteiger partial charge on any atom is -0.356 e. The zero-order valence-corrected chi connectivity index (χ0v) is 15.0. The molecular weight excluding hydrogens is 326 g/mol. The SMILES string of the molecule is CC(=O)NC(CC(=O)NCCC1CCCNC1)c1ccccc1.Cl. The topological polar surface area (TPSA) is 70.2 Å². The predicted molar refractivity (Wildman–Crippen MR) is 98.1 cm³/mol. The van der Waals surface area contributed by atoms with Gasteiger partial charge in [0.05, 0.1) is 12.5 Å². The van der Waals surface area contributed by atoms with Gasteiger partial charge < -0.3 is 16.0 Å². The first-order valence-electron chi connectivity index (χ1n) is 8.44. The van der Waals surface area contributed by atoms with Crippen molar-refractivity contribution in [2.45, 2.75) is 38.6 Å². The van der Waals surface area contributed by atoms with E-state index in [9.17, 15) is 9.59 Å². The summed E-state index contributed by atoms with van der Waals surface area (Å²) in [6.45, 7) is 4.34. The van der Waals surface area contributed by atoms with Crippen LogP contribution in [0.4, 0.5) is 0 Å². The summed E-state index contributed by atoms with van der Waals surface area (Å²) in [6.07, 6.45) is 3.74. The first-order chi connectivity index (χ1) is 11.1. The third kappa shape index (κ3) is 7.32. The summed E-state index contributed by atoms with van der Waals surface area (Å²) in [4.78, 5) is 23.6. The summed E-state index contributed by atoms with van der Waals surface area (Å²) < 4.78 is 0. The van der Waals surface area contributed by atoms with Crippen LogP contribution >= 0.6 is 12.4 Å². The summed E-state index contributed by atoms with van der Waals surface area (Å²) in [5.41, 5.74) is 0.953. The number of benzene rings is 1. The third-order valence-electron chi connectivity index (χ3n) is 4.24. The van der Waals surface area contributed by atoms with Crippen LogP contribution in [0.1, 0.15) is 44.2 Å². The molecule has 2 unspecified atom stereocenters. The van der Waals surface area contributed by atoms with Crippen molar-refractivity contribution < 1.29 is 9.59 Å². The molecule has 6 heteroatoms. The van der Waals surface area contributed by atoms with Crippen LogP contribution < -0.4 is 16.0 Å². The Hall–Kier alpha value is -1.59. The number of hydrogen-bond acceptors (Lipinski definition) is 3. The minimum absolute atomic E-state index is 0. The molecule has 1 fully saturated rings. The first kappa shape index (κ1) is 20.5. The second-order valence-corrected chi connectivity index (χ2v) is 6.22. The van der Waals surface area contributed by atoms with E-state index < -0.39 is 0 Å². The van der Waals surface area contributed by atoms with Crippen LogP contribution in [0, 0.1) is 5.92 Å². The van der Waals surface area contributed by atoms with E-state index in [1.807, 2.05) is 30.3 Å². The lowest BCUT2D eigenvalue weighted by Gasteiger charge is -2.23. The Bertz CT molecular complexity index is 504. The highest BCUT2D eigenvalue weighted by molar-refractivity contribution is 5.85. The molecule has 1 heterocycles. The Morgan fingerprint density at radius 2 is 2.04 bits per heavy atom. The maximum Gasteiger partial charge on any atom is 0.222 e. The fourth-order valence-corrected chi connectivity index (χ4v) is 3.03. The van der Waals surface area contributed by atoms with Crippen molar-refractivity contribution in [2.75, 3.05) is 19.6 Å². The Kier molecular flexibility index (Phi) is 9.42.